The minimum atomic E-state index is -0.0965. The first-order valence-corrected chi connectivity index (χ1v) is 8.98. The van der Waals surface area contributed by atoms with E-state index in [2.05, 4.69) is 43.8 Å². The van der Waals surface area contributed by atoms with E-state index in [0.29, 0.717) is 10.6 Å². The zero-order valence-electron chi connectivity index (χ0n) is 10.5. The number of alkyl halides is 1. The van der Waals surface area contributed by atoms with Gasteiger partial charge in [-0.15, -0.1) is 0 Å². The van der Waals surface area contributed by atoms with Crippen LogP contribution in [0.1, 0.15) is 42.5 Å². The lowest BCUT2D eigenvalue weighted by Gasteiger charge is -2.36. The molecular formula is C14H16BrClINO. The van der Waals surface area contributed by atoms with E-state index in [-0.39, 0.29) is 11.4 Å². The van der Waals surface area contributed by atoms with Crippen LogP contribution >= 0.6 is 50.1 Å². The molecule has 0 unspecified atom stereocenters. The third kappa shape index (κ3) is 3.85. The van der Waals surface area contributed by atoms with Crippen molar-refractivity contribution in [1.29, 1.82) is 0 Å². The van der Waals surface area contributed by atoms with Crippen molar-refractivity contribution in [3.8, 4) is 0 Å². The molecule has 1 N–H and O–H groups in total. The average molecular weight is 457 g/mol. The van der Waals surface area contributed by atoms with E-state index < -0.39 is 0 Å². The van der Waals surface area contributed by atoms with Gasteiger partial charge in [-0.3, -0.25) is 4.79 Å². The third-order valence-electron chi connectivity index (χ3n) is 3.62. The van der Waals surface area contributed by atoms with Gasteiger partial charge in [0.2, 0.25) is 0 Å². The zero-order chi connectivity index (χ0) is 13.9. The van der Waals surface area contributed by atoms with Gasteiger partial charge in [0.1, 0.15) is 0 Å². The van der Waals surface area contributed by atoms with Crippen LogP contribution in [0, 0.1) is 3.57 Å². The molecule has 1 amide bonds. The van der Waals surface area contributed by atoms with E-state index in [9.17, 15) is 4.79 Å². The van der Waals surface area contributed by atoms with Gasteiger partial charge in [0.05, 0.1) is 11.1 Å². The summed E-state index contributed by atoms with van der Waals surface area (Å²) in [6.07, 6.45) is 5.71. The highest BCUT2D eigenvalue weighted by molar-refractivity contribution is 14.1. The van der Waals surface area contributed by atoms with E-state index in [1.54, 1.807) is 12.1 Å². The first kappa shape index (κ1) is 15.6. The van der Waals surface area contributed by atoms with E-state index in [1.807, 2.05) is 6.07 Å². The molecule has 19 heavy (non-hydrogen) atoms. The molecule has 1 aliphatic carbocycles. The molecule has 0 radical (unpaired) electrons. The number of carbonyl (C=O) groups excluding carboxylic acids is 1. The van der Waals surface area contributed by atoms with Gasteiger partial charge in [0.15, 0.2) is 0 Å². The molecule has 5 heteroatoms. The molecule has 0 aromatic heterocycles. The molecule has 1 saturated carbocycles. The van der Waals surface area contributed by atoms with Crippen molar-refractivity contribution in [2.45, 2.75) is 37.6 Å². The summed E-state index contributed by atoms with van der Waals surface area (Å²) in [5.74, 6) is -0.0201. The molecule has 1 aliphatic rings. The molecule has 0 bridgehead atoms. The largest absolute Gasteiger partial charge is 0.346 e. The molecule has 1 aromatic carbocycles. The van der Waals surface area contributed by atoms with Crippen molar-refractivity contribution in [3.63, 3.8) is 0 Å². The number of nitrogens with one attached hydrogen (secondary N) is 1. The quantitative estimate of drug-likeness (QED) is 0.515. The van der Waals surface area contributed by atoms with Gasteiger partial charge in [-0.1, -0.05) is 46.8 Å². The summed E-state index contributed by atoms with van der Waals surface area (Å²) >= 11 is 11.7. The van der Waals surface area contributed by atoms with Gasteiger partial charge in [-0.05, 0) is 53.6 Å². The summed E-state index contributed by atoms with van der Waals surface area (Å²) in [6.45, 7) is 0. The number of hydrogen-bond donors (Lipinski definition) is 1. The Hall–Kier alpha value is 0.190. The van der Waals surface area contributed by atoms with E-state index in [4.69, 9.17) is 11.6 Å². The highest BCUT2D eigenvalue weighted by Crippen LogP contribution is 2.30. The Morgan fingerprint density at radius 2 is 2.05 bits per heavy atom. The number of hydrogen-bond acceptors (Lipinski definition) is 1. The van der Waals surface area contributed by atoms with Gasteiger partial charge < -0.3 is 5.32 Å². The first-order valence-electron chi connectivity index (χ1n) is 6.40. The Morgan fingerprint density at radius 1 is 1.37 bits per heavy atom. The molecule has 0 heterocycles. The van der Waals surface area contributed by atoms with Crippen molar-refractivity contribution in [2.24, 2.45) is 0 Å². The molecule has 0 atom stereocenters. The predicted octanol–water partition coefficient (Wildman–Crippen LogP) is 4.77. The highest BCUT2D eigenvalue weighted by Gasteiger charge is 2.33. The summed E-state index contributed by atoms with van der Waals surface area (Å²) in [7, 11) is 0. The van der Waals surface area contributed by atoms with Crippen LogP contribution in [-0.2, 0) is 0 Å². The lowest BCUT2D eigenvalue weighted by atomic mass is 9.83. The fourth-order valence-corrected chi connectivity index (χ4v) is 3.95. The third-order valence-corrected chi connectivity index (χ3v) is 5.87. The van der Waals surface area contributed by atoms with Gasteiger partial charge in [0, 0.05) is 13.9 Å². The summed E-state index contributed by atoms with van der Waals surface area (Å²) in [5, 5.41) is 4.62. The average Bonchev–Trinajstić information content (AvgIpc) is 2.42. The van der Waals surface area contributed by atoms with Crippen LogP contribution in [0.15, 0.2) is 18.2 Å². The second-order valence-electron chi connectivity index (χ2n) is 5.05. The number of amides is 1. The van der Waals surface area contributed by atoms with Crippen molar-refractivity contribution in [3.05, 3.63) is 32.4 Å². The predicted molar refractivity (Wildman–Crippen MR) is 91.2 cm³/mol. The first-order chi connectivity index (χ1) is 9.06. The lowest BCUT2D eigenvalue weighted by Crippen LogP contribution is -2.51. The SMILES string of the molecule is O=C(NC1(CBr)CCCCC1)c1cc(Cl)ccc1I. The second-order valence-corrected chi connectivity index (χ2v) is 7.21. The molecule has 1 aromatic rings. The molecular weight excluding hydrogens is 440 g/mol. The Kier molecular flexibility index (Phi) is 5.55. The minimum absolute atomic E-state index is 0.0201. The second kappa shape index (κ2) is 6.76. The topological polar surface area (TPSA) is 29.1 Å². The molecule has 104 valence electrons. The fraction of sp³-hybridized carbons (Fsp3) is 0.500. The molecule has 0 aliphatic heterocycles. The number of benzene rings is 1. The Balaban J connectivity index is 2.17. The molecule has 2 nitrogen and oxygen atoms in total. The summed E-state index contributed by atoms with van der Waals surface area (Å²) in [4.78, 5) is 12.5. The Bertz CT molecular complexity index is 475. The number of carbonyl (C=O) groups is 1. The summed E-state index contributed by atoms with van der Waals surface area (Å²) < 4.78 is 0.931. The highest BCUT2D eigenvalue weighted by atomic mass is 127. The van der Waals surface area contributed by atoms with Crippen LogP contribution in [0.5, 0.6) is 0 Å². The molecule has 0 spiro atoms. The van der Waals surface area contributed by atoms with Crippen LogP contribution in [0.3, 0.4) is 0 Å². The smallest absolute Gasteiger partial charge is 0.252 e. The minimum Gasteiger partial charge on any atom is -0.346 e. The van der Waals surface area contributed by atoms with Gasteiger partial charge in [-0.25, -0.2) is 0 Å². The summed E-state index contributed by atoms with van der Waals surface area (Å²) in [5.41, 5.74) is 0.569. The lowest BCUT2D eigenvalue weighted by molar-refractivity contribution is 0.0885. The molecule has 0 saturated heterocycles. The standard InChI is InChI=1S/C14H16BrClINO/c15-9-14(6-2-1-3-7-14)18-13(19)11-8-10(16)4-5-12(11)17/h4-5,8H,1-3,6-7,9H2,(H,18,19). The van der Waals surface area contributed by atoms with Crippen LogP contribution in [0.25, 0.3) is 0 Å². The summed E-state index contributed by atoms with van der Waals surface area (Å²) in [6, 6.07) is 5.42. The van der Waals surface area contributed by atoms with Crippen molar-refractivity contribution >= 4 is 56.0 Å². The Morgan fingerprint density at radius 3 is 2.68 bits per heavy atom. The van der Waals surface area contributed by atoms with E-state index in [1.165, 1.54) is 19.3 Å². The Labute approximate surface area is 140 Å². The molecule has 1 fully saturated rings. The zero-order valence-corrected chi connectivity index (χ0v) is 15.0. The van der Waals surface area contributed by atoms with E-state index >= 15 is 0 Å². The van der Waals surface area contributed by atoms with Crippen LogP contribution in [-0.4, -0.2) is 16.8 Å². The van der Waals surface area contributed by atoms with Gasteiger partial charge >= 0.3 is 0 Å². The number of rotatable bonds is 3. The van der Waals surface area contributed by atoms with Gasteiger partial charge in [-0.2, -0.15) is 0 Å². The van der Waals surface area contributed by atoms with Crippen molar-refractivity contribution in [1.82, 2.24) is 5.32 Å². The van der Waals surface area contributed by atoms with E-state index in [0.717, 1.165) is 21.7 Å². The van der Waals surface area contributed by atoms with Gasteiger partial charge in [0.25, 0.3) is 5.91 Å². The maximum absolute atomic E-state index is 12.5. The normalized spacial score (nSPS) is 18.1. The molecule has 2 rings (SSSR count). The monoisotopic (exact) mass is 455 g/mol. The fourth-order valence-electron chi connectivity index (χ4n) is 2.50. The number of halogens is 3. The van der Waals surface area contributed by atoms with Crippen molar-refractivity contribution < 1.29 is 4.79 Å². The van der Waals surface area contributed by atoms with Crippen LogP contribution in [0.4, 0.5) is 0 Å². The van der Waals surface area contributed by atoms with Crippen LogP contribution in [0.2, 0.25) is 5.02 Å². The van der Waals surface area contributed by atoms with Crippen molar-refractivity contribution in [2.75, 3.05) is 5.33 Å². The van der Waals surface area contributed by atoms with Crippen LogP contribution < -0.4 is 5.32 Å². The maximum atomic E-state index is 12.5. The maximum Gasteiger partial charge on any atom is 0.252 e.